The van der Waals surface area contributed by atoms with E-state index in [0.29, 0.717) is 30.5 Å². The molecule has 0 bridgehead atoms. The average molecular weight is 287 g/mol. The third-order valence-corrected chi connectivity index (χ3v) is 3.20. The molecule has 5 heteroatoms. The molecule has 1 aromatic rings. The lowest BCUT2D eigenvalue weighted by atomic mass is 9.91. The number of hydrogen-bond acceptors (Lipinski definition) is 2. The smallest absolute Gasteiger partial charge is 0.410 e. The Hall–Kier alpha value is -1.78. The molecule has 1 amide bonds. The van der Waals surface area contributed by atoms with Crippen LogP contribution in [0.3, 0.4) is 0 Å². The Kier molecular flexibility index (Phi) is 4.40. The molecule has 1 aliphatic heterocycles. The van der Waals surface area contributed by atoms with Crippen molar-refractivity contribution in [1.29, 1.82) is 0 Å². The summed E-state index contributed by atoms with van der Waals surface area (Å²) in [6, 6.07) is 4.68. The van der Waals surface area contributed by atoms with Crippen LogP contribution in [0.1, 0.15) is 32.8 Å². The molecule has 0 saturated carbocycles. The van der Waals surface area contributed by atoms with E-state index in [9.17, 15) is 9.18 Å². The van der Waals surface area contributed by atoms with Crippen molar-refractivity contribution in [3.8, 4) is 0 Å². The fraction of sp³-hybridized carbons (Fsp3) is 0.438. The first kappa shape index (κ1) is 15.6. The topological polar surface area (TPSA) is 29.5 Å². The molecule has 0 unspecified atom stereocenters. The second kappa shape index (κ2) is 5.92. The van der Waals surface area contributed by atoms with Gasteiger partial charge >= 0.3 is 6.09 Å². The number of halogens is 1. The monoisotopic (exact) mass is 287 g/mol. The van der Waals surface area contributed by atoms with Crippen LogP contribution in [0.2, 0.25) is 0 Å². The summed E-state index contributed by atoms with van der Waals surface area (Å²) in [5, 5.41) is 0. The van der Waals surface area contributed by atoms with Crippen LogP contribution in [0.5, 0.6) is 0 Å². The van der Waals surface area contributed by atoms with E-state index in [1.165, 1.54) is 6.07 Å². The van der Waals surface area contributed by atoms with E-state index < -0.39 is 5.60 Å². The van der Waals surface area contributed by atoms with Gasteiger partial charge in [-0.15, -0.1) is 0 Å². The van der Waals surface area contributed by atoms with E-state index in [2.05, 4.69) is 0 Å². The van der Waals surface area contributed by atoms with E-state index in [1.54, 1.807) is 17.0 Å². The zero-order valence-corrected chi connectivity index (χ0v) is 12.6. The molecule has 0 atom stereocenters. The maximum Gasteiger partial charge on any atom is 0.410 e. The van der Waals surface area contributed by atoms with E-state index >= 15 is 0 Å². The number of ether oxygens (including phenoxy) is 1. The van der Waals surface area contributed by atoms with E-state index in [4.69, 9.17) is 12.6 Å². The van der Waals surface area contributed by atoms with Gasteiger partial charge < -0.3 is 9.64 Å². The van der Waals surface area contributed by atoms with Crippen molar-refractivity contribution in [1.82, 2.24) is 4.90 Å². The van der Waals surface area contributed by atoms with Crippen molar-refractivity contribution in [3.05, 3.63) is 35.7 Å². The van der Waals surface area contributed by atoms with Gasteiger partial charge in [-0.25, -0.2) is 9.18 Å². The largest absolute Gasteiger partial charge is 0.444 e. The Morgan fingerprint density at radius 1 is 1.38 bits per heavy atom. The SMILES string of the molecule is [B]c1ccc(C2=CCN(C(=O)OC(C)(C)C)CC2)c(F)c1. The van der Waals surface area contributed by atoms with Crippen LogP contribution in [0.4, 0.5) is 9.18 Å². The second-order valence-electron chi connectivity index (χ2n) is 6.15. The van der Waals surface area contributed by atoms with Crippen molar-refractivity contribution in [2.75, 3.05) is 13.1 Å². The first-order valence-corrected chi connectivity index (χ1v) is 6.98. The molecule has 3 nitrogen and oxygen atoms in total. The summed E-state index contributed by atoms with van der Waals surface area (Å²) in [7, 11) is 5.55. The molecular formula is C16H19BFNO2. The Bertz CT molecular complexity index is 578. The molecule has 0 N–H and O–H groups in total. The summed E-state index contributed by atoms with van der Waals surface area (Å²) >= 11 is 0. The molecule has 21 heavy (non-hydrogen) atoms. The normalized spacial score (nSPS) is 15.6. The summed E-state index contributed by atoms with van der Waals surface area (Å²) in [5.41, 5.74) is 1.34. The minimum atomic E-state index is -0.510. The van der Waals surface area contributed by atoms with Gasteiger partial charge in [0.25, 0.3) is 0 Å². The molecule has 1 aliphatic rings. The molecule has 0 aromatic heterocycles. The van der Waals surface area contributed by atoms with Crippen LogP contribution in [0.15, 0.2) is 24.3 Å². The fourth-order valence-corrected chi connectivity index (χ4v) is 2.20. The summed E-state index contributed by atoms with van der Waals surface area (Å²) in [5.74, 6) is -0.327. The molecule has 2 radical (unpaired) electrons. The van der Waals surface area contributed by atoms with E-state index in [0.717, 1.165) is 5.57 Å². The molecule has 110 valence electrons. The standard InChI is InChI=1S/C16H19BFNO2/c1-16(2,3)21-15(20)19-8-6-11(7-9-19)13-5-4-12(17)10-14(13)18/h4-6,10H,7-9H2,1-3H3. The van der Waals surface area contributed by atoms with Gasteiger partial charge in [-0.3, -0.25) is 0 Å². The molecule has 1 aromatic carbocycles. The zero-order valence-electron chi connectivity index (χ0n) is 12.6. The average Bonchev–Trinajstić information content (AvgIpc) is 2.37. The highest BCUT2D eigenvalue weighted by atomic mass is 19.1. The number of rotatable bonds is 1. The van der Waals surface area contributed by atoms with Crippen molar-refractivity contribution in [2.45, 2.75) is 32.8 Å². The summed E-state index contributed by atoms with van der Waals surface area (Å²) in [6.45, 7) is 6.44. The van der Waals surface area contributed by atoms with Gasteiger partial charge in [0.15, 0.2) is 0 Å². The maximum absolute atomic E-state index is 13.9. The van der Waals surface area contributed by atoms with Crippen LogP contribution in [0, 0.1) is 5.82 Å². The lowest BCUT2D eigenvalue weighted by Gasteiger charge is -2.29. The molecule has 0 spiro atoms. The number of carbonyl (C=O) groups excluding carboxylic acids is 1. The minimum absolute atomic E-state index is 0.327. The fourth-order valence-electron chi connectivity index (χ4n) is 2.20. The Morgan fingerprint density at radius 2 is 2.10 bits per heavy atom. The molecule has 1 heterocycles. The van der Waals surface area contributed by atoms with Gasteiger partial charge in [0.05, 0.1) is 0 Å². The Balaban J connectivity index is 2.07. The van der Waals surface area contributed by atoms with Gasteiger partial charge in [0, 0.05) is 18.7 Å². The lowest BCUT2D eigenvalue weighted by Crippen LogP contribution is -2.39. The molecule has 0 fully saturated rings. The predicted molar refractivity (Wildman–Crippen MR) is 82.2 cm³/mol. The van der Waals surface area contributed by atoms with Crippen LogP contribution in [0.25, 0.3) is 5.57 Å². The first-order chi connectivity index (χ1) is 9.76. The second-order valence-corrected chi connectivity index (χ2v) is 6.15. The number of benzene rings is 1. The number of carbonyl (C=O) groups is 1. The van der Waals surface area contributed by atoms with Crippen LogP contribution < -0.4 is 5.46 Å². The molecular weight excluding hydrogens is 268 g/mol. The van der Waals surface area contributed by atoms with Gasteiger partial charge in [-0.2, -0.15) is 0 Å². The summed E-state index contributed by atoms with van der Waals surface area (Å²) in [6.07, 6.45) is 2.12. The highest BCUT2D eigenvalue weighted by molar-refractivity contribution is 6.32. The van der Waals surface area contributed by atoms with Crippen molar-refractivity contribution >= 4 is 25.0 Å². The van der Waals surface area contributed by atoms with Gasteiger partial charge in [0.1, 0.15) is 19.3 Å². The van der Waals surface area contributed by atoms with Gasteiger partial charge in [0.2, 0.25) is 0 Å². The maximum atomic E-state index is 13.9. The third-order valence-electron chi connectivity index (χ3n) is 3.20. The number of amides is 1. The van der Waals surface area contributed by atoms with E-state index in [1.807, 2.05) is 26.8 Å². The molecule has 2 rings (SSSR count). The zero-order chi connectivity index (χ0) is 15.6. The van der Waals surface area contributed by atoms with E-state index in [-0.39, 0.29) is 11.9 Å². The predicted octanol–water partition coefficient (Wildman–Crippen LogP) is 2.64. The summed E-state index contributed by atoms with van der Waals surface area (Å²) in [4.78, 5) is 13.6. The van der Waals surface area contributed by atoms with Gasteiger partial charge in [-0.1, -0.05) is 23.7 Å². The molecule has 0 saturated heterocycles. The van der Waals surface area contributed by atoms with Crippen molar-refractivity contribution in [3.63, 3.8) is 0 Å². The number of nitrogens with zero attached hydrogens (tertiary/aromatic N) is 1. The first-order valence-electron chi connectivity index (χ1n) is 6.98. The Labute approximate surface area is 126 Å². The Morgan fingerprint density at radius 3 is 2.62 bits per heavy atom. The van der Waals surface area contributed by atoms with Crippen LogP contribution >= 0.6 is 0 Å². The van der Waals surface area contributed by atoms with Crippen molar-refractivity contribution in [2.24, 2.45) is 0 Å². The van der Waals surface area contributed by atoms with Crippen LogP contribution in [-0.4, -0.2) is 37.5 Å². The summed E-state index contributed by atoms with van der Waals surface area (Å²) < 4.78 is 19.2. The van der Waals surface area contributed by atoms with Gasteiger partial charge in [-0.05, 0) is 38.8 Å². The third kappa shape index (κ3) is 4.10. The quantitative estimate of drug-likeness (QED) is 0.743. The van der Waals surface area contributed by atoms with Crippen molar-refractivity contribution < 1.29 is 13.9 Å². The highest BCUT2D eigenvalue weighted by Crippen LogP contribution is 2.24. The lowest BCUT2D eigenvalue weighted by molar-refractivity contribution is 0.0270. The van der Waals surface area contributed by atoms with Crippen LogP contribution in [-0.2, 0) is 4.74 Å². The molecule has 0 aliphatic carbocycles. The minimum Gasteiger partial charge on any atom is -0.444 e. The highest BCUT2D eigenvalue weighted by Gasteiger charge is 2.24. The number of hydrogen-bond donors (Lipinski definition) is 0.